The van der Waals surface area contributed by atoms with Gasteiger partial charge in [-0.15, -0.1) is 0 Å². The minimum atomic E-state index is -3.79. The van der Waals surface area contributed by atoms with Gasteiger partial charge in [0.2, 0.25) is 5.91 Å². The van der Waals surface area contributed by atoms with Gasteiger partial charge < -0.3 is 4.74 Å². The molecule has 2 rings (SSSR count). The Bertz CT molecular complexity index is 821. The molecule has 0 atom stereocenters. The van der Waals surface area contributed by atoms with Crippen molar-refractivity contribution in [1.82, 2.24) is 5.48 Å². The molecule has 8 heteroatoms. The molecule has 7 nitrogen and oxygen atoms in total. The average Bonchev–Trinajstić information content (AvgIpc) is 2.60. The summed E-state index contributed by atoms with van der Waals surface area (Å²) in [6, 6.07) is 13.0. The average molecular weight is 350 g/mol. The number of anilines is 1. The van der Waals surface area contributed by atoms with Crippen molar-refractivity contribution >= 4 is 21.6 Å². The standard InChI is InChI=1S/C16H18N2O5S/c1-23-15-8-3-2-7-14(15)18-24(21,22)13-6-4-5-12(11-13)9-10-16(19)17-20/h2-8,11,18,20H,9-10H2,1H3,(H,17,19). The van der Waals surface area contributed by atoms with Crippen LogP contribution < -0.4 is 14.9 Å². The number of amides is 1. The highest BCUT2D eigenvalue weighted by molar-refractivity contribution is 7.92. The molecule has 0 aliphatic carbocycles. The molecule has 2 aromatic rings. The molecule has 0 aliphatic heterocycles. The van der Waals surface area contributed by atoms with E-state index in [0.29, 0.717) is 23.4 Å². The smallest absolute Gasteiger partial charge is 0.262 e. The number of sulfonamides is 1. The number of carbonyl (C=O) groups is 1. The first-order chi connectivity index (χ1) is 11.5. The predicted octanol–water partition coefficient (Wildman–Crippen LogP) is 1.93. The normalized spacial score (nSPS) is 10.9. The Morgan fingerprint density at radius 2 is 1.92 bits per heavy atom. The van der Waals surface area contributed by atoms with Crippen LogP contribution in [0.2, 0.25) is 0 Å². The van der Waals surface area contributed by atoms with Crippen molar-refractivity contribution in [2.45, 2.75) is 17.7 Å². The molecule has 128 valence electrons. The summed E-state index contributed by atoms with van der Waals surface area (Å²) < 4.78 is 32.7. The van der Waals surface area contributed by atoms with Gasteiger partial charge in [0.1, 0.15) is 5.75 Å². The first-order valence-corrected chi connectivity index (χ1v) is 8.62. The lowest BCUT2D eigenvalue weighted by molar-refractivity contribution is -0.129. The van der Waals surface area contributed by atoms with Crippen LogP contribution in [0, 0.1) is 0 Å². The highest BCUT2D eigenvalue weighted by atomic mass is 32.2. The van der Waals surface area contributed by atoms with Crippen LogP contribution in [0.1, 0.15) is 12.0 Å². The van der Waals surface area contributed by atoms with Gasteiger partial charge in [0, 0.05) is 6.42 Å². The van der Waals surface area contributed by atoms with Crippen molar-refractivity contribution in [2.75, 3.05) is 11.8 Å². The molecule has 1 amide bonds. The molecule has 0 heterocycles. The Labute approximate surface area is 140 Å². The summed E-state index contributed by atoms with van der Waals surface area (Å²) >= 11 is 0. The zero-order valence-electron chi connectivity index (χ0n) is 13.0. The number of benzene rings is 2. The number of para-hydroxylation sites is 2. The summed E-state index contributed by atoms with van der Waals surface area (Å²) in [6.07, 6.45) is 0.365. The van der Waals surface area contributed by atoms with Gasteiger partial charge in [-0.1, -0.05) is 24.3 Å². The molecule has 3 N–H and O–H groups in total. The first kappa shape index (κ1) is 17.8. The Balaban J connectivity index is 2.21. The zero-order chi connectivity index (χ0) is 17.6. The molecule has 0 saturated carbocycles. The van der Waals surface area contributed by atoms with E-state index in [0.717, 1.165) is 0 Å². The Morgan fingerprint density at radius 3 is 2.62 bits per heavy atom. The second-order valence-corrected chi connectivity index (χ2v) is 6.67. The lowest BCUT2D eigenvalue weighted by atomic mass is 10.1. The minimum absolute atomic E-state index is 0.0555. The summed E-state index contributed by atoms with van der Waals surface area (Å²) in [6.45, 7) is 0. The van der Waals surface area contributed by atoms with E-state index in [1.165, 1.54) is 19.2 Å². The third-order valence-electron chi connectivity index (χ3n) is 3.33. The van der Waals surface area contributed by atoms with Gasteiger partial charge in [0.25, 0.3) is 10.0 Å². The predicted molar refractivity (Wildman–Crippen MR) is 88.5 cm³/mol. The molecule has 24 heavy (non-hydrogen) atoms. The number of hydrogen-bond donors (Lipinski definition) is 3. The van der Waals surface area contributed by atoms with Gasteiger partial charge in [-0.3, -0.25) is 14.7 Å². The second-order valence-electron chi connectivity index (χ2n) is 4.99. The number of nitrogens with one attached hydrogen (secondary N) is 2. The number of aryl methyl sites for hydroxylation is 1. The number of hydrogen-bond acceptors (Lipinski definition) is 5. The lowest BCUT2D eigenvalue weighted by Crippen LogP contribution is -2.19. The van der Waals surface area contributed by atoms with Crippen molar-refractivity contribution in [3.05, 3.63) is 54.1 Å². The SMILES string of the molecule is COc1ccccc1NS(=O)(=O)c1cccc(CCC(=O)NO)c1. The molecule has 0 aromatic heterocycles. The van der Waals surface area contributed by atoms with E-state index >= 15 is 0 Å². The molecule has 0 aliphatic rings. The van der Waals surface area contributed by atoms with Crippen molar-refractivity contribution in [3.63, 3.8) is 0 Å². The fourth-order valence-electron chi connectivity index (χ4n) is 2.11. The van der Waals surface area contributed by atoms with Gasteiger partial charge >= 0.3 is 0 Å². The van der Waals surface area contributed by atoms with Crippen molar-refractivity contribution in [1.29, 1.82) is 0 Å². The Kier molecular flexibility index (Phi) is 5.78. The first-order valence-electron chi connectivity index (χ1n) is 7.14. The summed E-state index contributed by atoms with van der Waals surface area (Å²) in [4.78, 5) is 11.2. The number of carbonyl (C=O) groups excluding carboxylic acids is 1. The zero-order valence-corrected chi connectivity index (χ0v) is 13.8. The van der Waals surface area contributed by atoms with E-state index in [9.17, 15) is 13.2 Å². The molecular weight excluding hydrogens is 332 g/mol. The quantitative estimate of drug-likeness (QED) is 0.523. The summed E-state index contributed by atoms with van der Waals surface area (Å²) in [5.41, 5.74) is 2.55. The fourth-order valence-corrected chi connectivity index (χ4v) is 3.25. The molecule has 0 unspecified atom stereocenters. The number of rotatable bonds is 7. The minimum Gasteiger partial charge on any atom is -0.495 e. The summed E-state index contributed by atoms with van der Waals surface area (Å²) in [5, 5.41) is 8.49. The molecule has 0 radical (unpaired) electrons. The van der Waals surface area contributed by atoms with Crippen molar-refractivity contribution in [3.8, 4) is 5.75 Å². The van der Waals surface area contributed by atoms with Crippen LogP contribution >= 0.6 is 0 Å². The summed E-state index contributed by atoms with van der Waals surface area (Å²) in [7, 11) is -2.33. The molecule has 0 bridgehead atoms. The van der Waals surface area contributed by atoms with Crippen LogP contribution in [0.25, 0.3) is 0 Å². The number of hydroxylamine groups is 1. The van der Waals surface area contributed by atoms with E-state index in [-0.39, 0.29) is 11.3 Å². The molecular formula is C16H18N2O5S. The number of methoxy groups -OCH3 is 1. The monoisotopic (exact) mass is 350 g/mol. The van der Waals surface area contributed by atoms with Crippen LogP contribution in [0.15, 0.2) is 53.4 Å². The van der Waals surface area contributed by atoms with Gasteiger partial charge in [-0.25, -0.2) is 13.9 Å². The van der Waals surface area contributed by atoms with Gasteiger partial charge in [0.05, 0.1) is 17.7 Å². The van der Waals surface area contributed by atoms with Crippen LogP contribution in [0.3, 0.4) is 0 Å². The fraction of sp³-hybridized carbons (Fsp3) is 0.188. The lowest BCUT2D eigenvalue weighted by Gasteiger charge is -2.12. The topological polar surface area (TPSA) is 105 Å². The van der Waals surface area contributed by atoms with Gasteiger partial charge in [-0.2, -0.15) is 0 Å². The highest BCUT2D eigenvalue weighted by Crippen LogP contribution is 2.26. The summed E-state index contributed by atoms with van der Waals surface area (Å²) in [5.74, 6) is -0.118. The molecule has 0 saturated heterocycles. The van der Waals surface area contributed by atoms with E-state index in [2.05, 4.69) is 4.72 Å². The molecule has 0 fully saturated rings. The molecule has 2 aromatic carbocycles. The maximum atomic E-state index is 12.5. The van der Waals surface area contributed by atoms with Crippen molar-refractivity contribution < 1.29 is 23.2 Å². The van der Waals surface area contributed by atoms with E-state index < -0.39 is 15.9 Å². The highest BCUT2D eigenvalue weighted by Gasteiger charge is 2.16. The third-order valence-corrected chi connectivity index (χ3v) is 4.69. The Morgan fingerprint density at radius 1 is 1.17 bits per heavy atom. The molecule has 0 spiro atoms. The third kappa shape index (κ3) is 4.46. The van der Waals surface area contributed by atoms with Crippen LogP contribution in [-0.4, -0.2) is 26.6 Å². The van der Waals surface area contributed by atoms with Crippen LogP contribution in [-0.2, 0) is 21.2 Å². The van der Waals surface area contributed by atoms with E-state index in [1.54, 1.807) is 41.9 Å². The van der Waals surface area contributed by atoms with Crippen LogP contribution in [0.5, 0.6) is 5.75 Å². The van der Waals surface area contributed by atoms with E-state index in [1.807, 2.05) is 0 Å². The maximum Gasteiger partial charge on any atom is 0.262 e. The largest absolute Gasteiger partial charge is 0.495 e. The van der Waals surface area contributed by atoms with Crippen LogP contribution in [0.4, 0.5) is 5.69 Å². The van der Waals surface area contributed by atoms with E-state index in [4.69, 9.17) is 9.94 Å². The maximum absolute atomic E-state index is 12.5. The van der Waals surface area contributed by atoms with Gasteiger partial charge in [-0.05, 0) is 36.2 Å². The Hall–Kier alpha value is -2.58. The van der Waals surface area contributed by atoms with Crippen molar-refractivity contribution in [2.24, 2.45) is 0 Å². The second kappa shape index (κ2) is 7.80. The number of ether oxygens (including phenoxy) is 1. The van der Waals surface area contributed by atoms with Gasteiger partial charge in [0.15, 0.2) is 0 Å².